The number of hydrogen-bond acceptors (Lipinski definition) is 5. The van der Waals surface area contributed by atoms with Crippen LogP contribution in [0.1, 0.15) is 26.2 Å². The van der Waals surface area contributed by atoms with Crippen LogP contribution in [0.4, 0.5) is 0 Å². The van der Waals surface area contributed by atoms with Gasteiger partial charge < -0.3 is 14.6 Å². The normalized spacial score (nSPS) is 18.8. The molecule has 0 saturated carbocycles. The Hall–Kier alpha value is -1.79. The van der Waals surface area contributed by atoms with Crippen LogP contribution in [0.5, 0.6) is 11.5 Å². The van der Waals surface area contributed by atoms with Crippen molar-refractivity contribution in [2.45, 2.75) is 32.2 Å². The predicted octanol–water partition coefficient (Wildman–Crippen LogP) is 2.33. The first-order valence-corrected chi connectivity index (χ1v) is 9.09. The highest BCUT2D eigenvalue weighted by atomic mass is 16.5. The summed E-state index contributed by atoms with van der Waals surface area (Å²) in [6, 6.07) is 8.10. The van der Waals surface area contributed by atoms with E-state index < -0.39 is 5.97 Å². The summed E-state index contributed by atoms with van der Waals surface area (Å²) in [5, 5.41) is 8.94. The van der Waals surface area contributed by atoms with Crippen molar-refractivity contribution in [2.75, 3.05) is 46.4 Å². The number of benzene rings is 1. The summed E-state index contributed by atoms with van der Waals surface area (Å²) in [7, 11) is 1.90. The number of hydrogen-bond donors (Lipinski definition) is 1. The van der Waals surface area contributed by atoms with E-state index in [0.717, 1.165) is 50.4 Å². The Morgan fingerprint density at radius 2 is 1.96 bits per heavy atom. The number of carbonyl (C=O) groups is 1. The van der Waals surface area contributed by atoms with Gasteiger partial charge in [0.25, 0.3) is 0 Å². The van der Waals surface area contributed by atoms with E-state index in [2.05, 4.69) is 4.90 Å². The molecule has 0 spiro atoms. The number of aliphatic carboxylic acids is 1. The van der Waals surface area contributed by atoms with E-state index in [-0.39, 0.29) is 6.54 Å². The number of para-hydroxylation sites is 2. The van der Waals surface area contributed by atoms with Gasteiger partial charge in [0.05, 0.1) is 13.2 Å². The molecule has 2 rings (SSSR count). The SMILES string of the molecule is CCOc1ccccc1OCCN1CCCC(N(C)CC(=O)O)CC1. The van der Waals surface area contributed by atoms with E-state index in [1.807, 2.05) is 43.1 Å². The Labute approximate surface area is 150 Å². The third kappa shape index (κ3) is 6.55. The molecule has 1 saturated heterocycles. The van der Waals surface area contributed by atoms with Gasteiger partial charge >= 0.3 is 5.97 Å². The van der Waals surface area contributed by atoms with Crippen LogP contribution in [0, 0.1) is 0 Å². The molecule has 0 aromatic heterocycles. The Kier molecular flexibility index (Phi) is 8.01. The van der Waals surface area contributed by atoms with E-state index >= 15 is 0 Å². The maximum atomic E-state index is 10.9. The standard InChI is InChI=1S/C19H30N2O4/c1-3-24-17-8-4-5-9-18(17)25-14-13-21-11-6-7-16(10-12-21)20(2)15-19(22)23/h4-5,8-9,16H,3,6-7,10-15H2,1-2H3,(H,22,23). The van der Waals surface area contributed by atoms with Crippen LogP contribution >= 0.6 is 0 Å². The summed E-state index contributed by atoms with van der Waals surface area (Å²) in [5.41, 5.74) is 0. The summed E-state index contributed by atoms with van der Waals surface area (Å²) in [6.45, 7) is 6.21. The molecular formula is C19H30N2O4. The van der Waals surface area contributed by atoms with E-state index in [4.69, 9.17) is 14.6 Å². The minimum Gasteiger partial charge on any atom is -0.490 e. The number of carboxylic acid groups (broad SMARTS) is 1. The zero-order valence-electron chi connectivity index (χ0n) is 15.3. The molecule has 0 amide bonds. The molecule has 0 aliphatic carbocycles. The number of nitrogens with zero attached hydrogens (tertiary/aromatic N) is 2. The summed E-state index contributed by atoms with van der Waals surface area (Å²) in [6.07, 6.45) is 3.14. The minimum absolute atomic E-state index is 0.113. The highest BCUT2D eigenvalue weighted by molar-refractivity contribution is 5.69. The zero-order valence-corrected chi connectivity index (χ0v) is 15.3. The van der Waals surface area contributed by atoms with Gasteiger partial charge in [-0.05, 0) is 58.5 Å². The van der Waals surface area contributed by atoms with Gasteiger partial charge in [-0.15, -0.1) is 0 Å². The summed E-state index contributed by atoms with van der Waals surface area (Å²) in [5.74, 6) is 0.819. The maximum Gasteiger partial charge on any atom is 0.317 e. The first-order valence-electron chi connectivity index (χ1n) is 9.09. The lowest BCUT2D eigenvalue weighted by atomic mass is 10.1. The number of likely N-dealkylation sites (tertiary alicyclic amines) is 1. The predicted molar refractivity (Wildman–Crippen MR) is 97.5 cm³/mol. The van der Waals surface area contributed by atoms with Crippen LogP contribution in [0.3, 0.4) is 0 Å². The molecule has 1 aliphatic heterocycles. The first-order chi connectivity index (χ1) is 12.1. The van der Waals surface area contributed by atoms with Crippen molar-refractivity contribution in [3.63, 3.8) is 0 Å². The molecule has 1 atom stereocenters. The van der Waals surface area contributed by atoms with E-state index in [1.54, 1.807) is 0 Å². The molecule has 1 aromatic rings. The average molecular weight is 350 g/mol. The Balaban J connectivity index is 1.76. The molecule has 1 N–H and O–H groups in total. The quantitative estimate of drug-likeness (QED) is 0.738. The van der Waals surface area contributed by atoms with Gasteiger partial charge in [-0.2, -0.15) is 0 Å². The fraction of sp³-hybridized carbons (Fsp3) is 0.632. The van der Waals surface area contributed by atoms with Gasteiger partial charge in [0.15, 0.2) is 11.5 Å². The molecule has 0 bridgehead atoms. The highest BCUT2D eigenvalue weighted by Crippen LogP contribution is 2.26. The molecule has 0 radical (unpaired) electrons. The van der Waals surface area contributed by atoms with Gasteiger partial charge in [-0.1, -0.05) is 12.1 Å². The number of ether oxygens (including phenoxy) is 2. The largest absolute Gasteiger partial charge is 0.490 e. The Morgan fingerprint density at radius 1 is 1.24 bits per heavy atom. The molecule has 1 heterocycles. The van der Waals surface area contributed by atoms with Crippen molar-refractivity contribution < 1.29 is 19.4 Å². The van der Waals surface area contributed by atoms with Gasteiger partial charge in [-0.25, -0.2) is 0 Å². The van der Waals surface area contributed by atoms with Crippen molar-refractivity contribution in [3.05, 3.63) is 24.3 Å². The molecule has 1 unspecified atom stereocenters. The van der Waals surface area contributed by atoms with Gasteiger partial charge in [-0.3, -0.25) is 14.6 Å². The second-order valence-corrected chi connectivity index (χ2v) is 6.46. The molecule has 6 nitrogen and oxygen atoms in total. The molecule has 25 heavy (non-hydrogen) atoms. The van der Waals surface area contributed by atoms with Crippen LogP contribution in [0.2, 0.25) is 0 Å². The summed E-state index contributed by atoms with van der Waals surface area (Å²) >= 11 is 0. The Morgan fingerprint density at radius 3 is 2.64 bits per heavy atom. The van der Waals surface area contributed by atoms with E-state index in [0.29, 0.717) is 19.3 Å². The smallest absolute Gasteiger partial charge is 0.317 e. The summed E-state index contributed by atoms with van der Waals surface area (Å²) < 4.78 is 11.5. The second-order valence-electron chi connectivity index (χ2n) is 6.46. The van der Waals surface area contributed by atoms with Crippen molar-refractivity contribution in [1.82, 2.24) is 9.80 Å². The monoisotopic (exact) mass is 350 g/mol. The highest BCUT2D eigenvalue weighted by Gasteiger charge is 2.21. The molecule has 140 valence electrons. The fourth-order valence-electron chi connectivity index (χ4n) is 3.27. The van der Waals surface area contributed by atoms with Crippen molar-refractivity contribution >= 4 is 5.97 Å². The van der Waals surface area contributed by atoms with E-state index in [9.17, 15) is 4.79 Å². The number of carboxylic acids is 1. The molecular weight excluding hydrogens is 320 g/mol. The third-order valence-electron chi connectivity index (χ3n) is 4.61. The second kappa shape index (κ2) is 10.3. The summed E-state index contributed by atoms with van der Waals surface area (Å²) in [4.78, 5) is 15.2. The van der Waals surface area contributed by atoms with Gasteiger partial charge in [0.2, 0.25) is 0 Å². The van der Waals surface area contributed by atoms with Crippen LogP contribution in [-0.2, 0) is 4.79 Å². The van der Waals surface area contributed by atoms with Crippen molar-refractivity contribution in [3.8, 4) is 11.5 Å². The third-order valence-corrected chi connectivity index (χ3v) is 4.61. The number of likely N-dealkylation sites (N-methyl/N-ethyl adjacent to an activating group) is 1. The van der Waals surface area contributed by atoms with Gasteiger partial charge in [0.1, 0.15) is 6.61 Å². The lowest BCUT2D eigenvalue weighted by molar-refractivity contribution is -0.138. The van der Waals surface area contributed by atoms with Crippen LogP contribution in [0.25, 0.3) is 0 Å². The molecule has 1 aliphatic rings. The average Bonchev–Trinajstić information content (AvgIpc) is 2.82. The number of rotatable bonds is 9. The van der Waals surface area contributed by atoms with Crippen molar-refractivity contribution in [2.24, 2.45) is 0 Å². The first kappa shape index (κ1) is 19.5. The molecule has 1 fully saturated rings. The maximum absolute atomic E-state index is 10.9. The fourth-order valence-corrected chi connectivity index (χ4v) is 3.27. The van der Waals surface area contributed by atoms with Gasteiger partial charge in [0, 0.05) is 12.6 Å². The van der Waals surface area contributed by atoms with Crippen LogP contribution < -0.4 is 9.47 Å². The van der Waals surface area contributed by atoms with Crippen molar-refractivity contribution in [1.29, 1.82) is 0 Å². The Bertz CT molecular complexity index is 538. The topological polar surface area (TPSA) is 62.2 Å². The lowest BCUT2D eigenvalue weighted by Gasteiger charge is -2.25. The lowest BCUT2D eigenvalue weighted by Crippen LogP contribution is -2.37. The minimum atomic E-state index is -0.759. The van der Waals surface area contributed by atoms with E-state index in [1.165, 1.54) is 0 Å². The van der Waals surface area contributed by atoms with Crippen LogP contribution in [0.15, 0.2) is 24.3 Å². The zero-order chi connectivity index (χ0) is 18.1. The van der Waals surface area contributed by atoms with Crippen LogP contribution in [-0.4, -0.2) is 73.4 Å². The molecule has 1 aromatic carbocycles. The molecule has 6 heteroatoms.